The molecular weight excluding hydrogens is 244 g/mol. The fourth-order valence-electron chi connectivity index (χ4n) is 1.97. The third-order valence-corrected chi connectivity index (χ3v) is 3.13. The molecule has 20 heavy (non-hydrogen) atoms. The molecule has 0 spiro atoms. The Kier molecular flexibility index (Phi) is 5.73. The van der Waals surface area contributed by atoms with Crippen LogP contribution in [0.25, 0.3) is 0 Å². The number of para-hydroxylation sites is 1. The minimum Gasteiger partial charge on any atom is -0.407 e. The molecule has 0 saturated heterocycles. The topological polar surface area (TPSA) is 9.23 Å². The van der Waals surface area contributed by atoms with Crippen molar-refractivity contribution in [2.45, 2.75) is 32.6 Å². The number of rotatable bonds is 5. The van der Waals surface area contributed by atoms with E-state index in [1.54, 1.807) is 0 Å². The zero-order valence-electron chi connectivity index (χ0n) is 11.9. The van der Waals surface area contributed by atoms with Crippen molar-refractivity contribution < 1.29 is 4.74 Å². The summed E-state index contributed by atoms with van der Waals surface area (Å²) in [6.07, 6.45) is 7.72. The third-order valence-electron chi connectivity index (χ3n) is 3.13. The first-order valence-electron chi connectivity index (χ1n) is 7.20. The molecule has 102 valence electrons. The summed E-state index contributed by atoms with van der Waals surface area (Å²) >= 11 is 0. The highest BCUT2D eigenvalue weighted by Gasteiger charge is 1.93. The largest absolute Gasteiger partial charge is 0.407 e. The van der Waals surface area contributed by atoms with Gasteiger partial charge in [-0.3, -0.25) is 0 Å². The van der Waals surface area contributed by atoms with Gasteiger partial charge in [0.05, 0.1) is 0 Å². The second-order valence-electron chi connectivity index (χ2n) is 4.80. The van der Waals surface area contributed by atoms with Crippen molar-refractivity contribution in [1.29, 1.82) is 0 Å². The molecule has 2 aromatic carbocycles. The van der Waals surface area contributed by atoms with E-state index in [1.165, 1.54) is 24.8 Å². The molecule has 0 heterocycles. The minimum atomic E-state index is 0.774. The highest BCUT2D eigenvalue weighted by Crippen LogP contribution is 2.09. The summed E-state index contributed by atoms with van der Waals surface area (Å²) in [5.41, 5.74) is 2.37. The fraction of sp³-hybridized carbons (Fsp3) is 0.263. The molecule has 0 radical (unpaired) electrons. The molecule has 0 amide bonds. The Bertz CT molecular complexity index is 558. The second kappa shape index (κ2) is 8.07. The van der Waals surface area contributed by atoms with Gasteiger partial charge in [0, 0.05) is 5.56 Å². The maximum Gasteiger partial charge on any atom is 0.140 e. The summed E-state index contributed by atoms with van der Waals surface area (Å²) in [4.78, 5) is 0. The van der Waals surface area contributed by atoms with E-state index >= 15 is 0 Å². The summed E-state index contributed by atoms with van der Waals surface area (Å²) in [6, 6.07) is 18.0. The van der Waals surface area contributed by atoms with Gasteiger partial charge in [0.15, 0.2) is 0 Å². The lowest BCUT2D eigenvalue weighted by Crippen LogP contribution is -1.86. The van der Waals surface area contributed by atoms with Gasteiger partial charge in [-0.25, -0.2) is 0 Å². The van der Waals surface area contributed by atoms with Gasteiger partial charge in [-0.15, -0.1) is 0 Å². The van der Waals surface area contributed by atoms with Crippen LogP contribution in [0.4, 0.5) is 0 Å². The maximum absolute atomic E-state index is 5.36. The minimum absolute atomic E-state index is 0.774. The molecule has 2 aromatic rings. The lowest BCUT2D eigenvalue weighted by Gasteiger charge is -2.00. The van der Waals surface area contributed by atoms with Crippen molar-refractivity contribution in [3.05, 3.63) is 65.7 Å². The van der Waals surface area contributed by atoms with Crippen LogP contribution in [0.3, 0.4) is 0 Å². The Morgan fingerprint density at radius 2 is 1.65 bits per heavy atom. The molecule has 0 saturated carbocycles. The van der Waals surface area contributed by atoms with Crippen LogP contribution in [0, 0.1) is 12.0 Å². The van der Waals surface area contributed by atoms with Gasteiger partial charge >= 0.3 is 0 Å². The number of benzene rings is 2. The monoisotopic (exact) mass is 264 g/mol. The van der Waals surface area contributed by atoms with E-state index in [1.807, 2.05) is 30.3 Å². The van der Waals surface area contributed by atoms with Crippen molar-refractivity contribution in [1.82, 2.24) is 0 Å². The molecule has 0 aliphatic heterocycles. The summed E-state index contributed by atoms with van der Waals surface area (Å²) in [5, 5.41) is 0. The van der Waals surface area contributed by atoms with Gasteiger partial charge in [0.1, 0.15) is 11.9 Å². The number of aryl methyl sites for hydroxylation is 1. The summed E-state index contributed by atoms with van der Waals surface area (Å²) < 4.78 is 5.36. The molecule has 0 fully saturated rings. The van der Waals surface area contributed by atoms with Crippen LogP contribution in [0.5, 0.6) is 5.75 Å². The smallest absolute Gasteiger partial charge is 0.140 e. The van der Waals surface area contributed by atoms with Gasteiger partial charge in [0.25, 0.3) is 0 Å². The first-order valence-corrected chi connectivity index (χ1v) is 7.20. The molecule has 0 atom stereocenters. The molecule has 0 aliphatic rings. The summed E-state index contributed by atoms with van der Waals surface area (Å²) in [6.45, 7) is 2.23. The molecule has 2 rings (SSSR count). The quantitative estimate of drug-likeness (QED) is 0.556. The van der Waals surface area contributed by atoms with Crippen LogP contribution in [0.2, 0.25) is 0 Å². The zero-order valence-corrected chi connectivity index (χ0v) is 11.9. The maximum atomic E-state index is 5.36. The van der Waals surface area contributed by atoms with E-state index in [0.717, 1.165) is 17.7 Å². The van der Waals surface area contributed by atoms with E-state index in [-0.39, 0.29) is 0 Å². The predicted octanol–water partition coefficient (Wildman–Crippen LogP) is 4.81. The Morgan fingerprint density at radius 3 is 2.35 bits per heavy atom. The van der Waals surface area contributed by atoms with Crippen LogP contribution in [0.15, 0.2) is 54.6 Å². The molecule has 1 heteroatoms. The standard InChI is InChI=1S/C19H20O/c1-2-3-5-8-17-11-13-18(14-12-17)15-16-20-19-9-6-4-7-10-19/h4,6-7,9-14H,2-3,5,8H2,1H3. The van der Waals surface area contributed by atoms with Gasteiger partial charge in [-0.05, 0) is 48.6 Å². The average molecular weight is 264 g/mol. The van der Waals surface area contributed by atoms with E-state index in [2.05, 4.69) is 43.2 Å². The van der Waals surface area contributed by atoms with Crippen molar-refractivity contribution in [3.8, 4) is 17.8 Å². The summed E-state index contributed by atoms with van der Waals surface area (Å²) in [7, 11) is 0. The molecule has 0 unspecified atom stereocenters. The second-order valence-corrected chi connectivity index (χ2v) is 4.80. The van der Waals surface area contributed by atoms with Crippen molar-refractivity contribution in [2.24, 2.45) is 0 Å². The molecule has 0 aliphatic carbocycles. The molecule has 0 N–H and O–H groups in total. The molecule has 0 aromatic heterocycles. The van der Waals surface area contributed by atoms with Gasteiger partial charge in [-0.2, -0.15) is 0 Å². The fourth-order valence-corrected chi connectivity index (χ4v) is 1.97. The Balaban J connectivity index is 1.88. The Hall–Kier alpha value is -2.20. The van der Waals surface area contributed by atoms with Crippen LogP contribution >= 0.6 is 0 Å². The average Bonchev–Trinajstić information content (AvgIpc) is 2.50. The van der Waals surface area contributed by atoms with Gasteiger partial charge in [-0.1, -0.05) is 50.1 Å². The lowest BCUT2D eigenvalue weighted by atomic mass is 10.1. The van der Waals surface area contributed by atoms with Crippen molar-refractivity contribution in [3.63, 3.8) is 0 Å². The van der Waals surface area contributed by atoms with Crippen LogP contribution in [-0.4, -0.2) is 0 Å². The Morgan fingerprint density at radius 1 is 0.900 bits per heavy atom. The number of hydrogen-bond donors (Lipinski definition) is 0. The number of unbranched alkanes of at least 4 members (excludes halogenated alkanes) is 2. The molecule has 1 nitrogen and oxygen atoms in total. The van der Waals surface area contributed by atoms with Crippen LogP contribution < -0.4 is 4.74 Å². The third kappa shape index (κ3) is 4.82. The zero-order chi connectivity index (χ0) is 14.0. The van der Waals surface area contributed by atoms with Crippen molar-refractivity contribution >= 4 is 0 Å². The normalized spacial score (nSPS) is 9.65. The van der Waals surface area contributed by atoms with E-state index in [4.69, 9.17) is 4.74 Å². The SMILES string of the molecule is CCCCCc1ccc(C#COc2ccccc2)cc1. The van der Waals surface area contributed by atoms with E-state index < -0.39 is 0 Å². The predicted molar refractivity (Wildman–Crippen MR) is 83.6 cm³/mol. The number of ether oxygens (including phenoxy) is 1. The summed E-state index contributed by atoms with van der Waals surface area (Å²) in [5.74, 6) is 3.79. The Labute approximate surface area is 121 Å². The first kappa shape index (κ1) is 14.2. The van der Waals surface area contributed by atoms with Crippen LogP contribution in [-0.2, 0) is 6.42 Å². The number of hydrogen-bond acceptors (Lipinski definition) is 1. The van der Waals surface area contributed by atoms with Crippen LogP contribution in [0.1, 0.15) is 37.3 Å². The molecular formula is C19H20O. The van der Waals surface area contributed by atoms with E-state index in [0.29, 0.717) is 0 Å². The van der Waals surface area contributed by atoms with E-state index in [9.17, 15) is 0 Å². The molecule has 0 bridgehead atoms. The first-order chi connectivity index (χ1) is 9.88. The highest BCUT2D eigenvalue weighted by molar-refractivity contribution is 5.36. The van der Waals surface area contributed by atoms with Crippen molar-refractivity contribution in [2.75, 3.05) is 0 Å². The van der Waals surface area contributed by atoms with Gasteiger partial charge < -0.3 is 4.74 Å². The highest BCUT2D eigenvalue weighted by atomic mass is 16.5. The van der Waals surface area contributed by atoms with Gasteiger partial charge in [0.2, 0.25) is 0 Å². The lowest BCUT2D eigenvalue weighted by molar-refractivity contribution is 0.520.